The van der Waals surface area contributed by atoms with Gasteiger partial charge in [0.1, 0.15) is 0 Å². The van der Waals surface area contributed by atoms with Gasteiger partial charge in [-0.1, -0.05) is 36.4 Å². The third-order valence-electron chi connectivity index (χ3n) is 4.08. The fourth-order valence-electron chi connectivity index (χ4n) is 3.07. The molecule has 0 spiro atoms. The largest absolute Gasteiger partial charge is 0.360 e. The van der Waals surface area contributed by atoms with Crippen LogP contribution in [-0.4, -0.2) is 15.8 Å². The van der Waals surface area contributed by atoms with E-state index in [1.54, 1.807) is 0 Å². The van der Waals surface area contributed by atoms with Crippen molar-refractivity contribution < 1.29 is 4.79 Å². The highest BCUT2D eigenvalue weighted by Gasteiger charge is 2.20. The van der Waals surface area contributed by atoms with Crippen LogP contribution in [0.3, 0.4) is 0 Å². The number of nitrogens with zero attached hydrogens (tertiary/aromatic N) is 1. The quantitative estimate of drug-likeness (QED) is 0.550. The predicted molar refractivity (Wildman–Crippen MR) is 90.2 cm³/mol. The van der Waals surface area contributed by atoms with E-state index in [0.29, 0.717) is 5.56 Å². The molecule has 2 aromatic carbocycles. The number of aromatic nitrogens is 2. The summed E-state index contributed by atoms with van der Waals surface area (Å²) in [6.07, 6.45) is 1.77. The van der Waals surface area contributed by atoms with Crippen molar-refractivity contribution in [3.63, 3.8) is 0 Å². The number of H-pyrrole nitrogens is 2. The summed E-state index contributed by atoms with van der Waals surface area (Å²) in [5, 5.41) is 10.8. The Balaban J connectivity index is 2.05. The van der Waals surface area contributed by atoms with Gasteiger partial charge in [-0.2, -0.15) is 5.26 Å². The molecule has 110 valence electrons. The highest BCUT2D eigenvalue weighted by Crippen LogP contribution is 2.35. The second-order valence-corrected chi connectivity index (χ2v) is 5.43. The molecule has 4 heteroatoms. The first-order chi connectivity index (χ1) is 11.3. The molecule has 0 atom stereocenters. The number of ketones is 1. The third kappa shape index (κ3) is 2.02. The molecule has 0 radical (unpaired) electrons. The molecule has 4 rings (SSSR count). The van der Waals surface area contributed by atoms with Gasteiger partial charge in [0.05, 0.1) is 23.7 Å². The summed E-state index contributed by atoms with van der Waals surface area (Å²) in [5.74, 6) is -0.162. The van der Waals surface area contributed by atoms with Crippen molar-refractivity contribution in [1.29, 1.82) is 5.26 Å². The Bertz CT molecular complexity index is 1080. The van der Waals surface area contributed by atoms with Crippen LogP contribution in [0.4, 0.5) is 0 Å². The zero-order valence-electron chi connectivity index (χ0n) is 12.3. The average molecular weight is 299 g/mol. The number of rotatable bonds is 3. The Morgan fingerprint density at radius 2 is 1.70 bits per heavy atom. The van der Waals surface area contributed by atoms with Crippen molar-refractivity contribution in [2.75, 3.05) is 0 Å². The van der Waals surface area contributed by atoms with Gasteiger partial charge in [0.15, 0.2) is 5.78 Å². The van der Waals surface area contributed by atoms with Crippen LogP contribution >= 0.6 is 0 Å². The van der Waals surface area contributed by atoms with E-state index in [0.717, 1.165) is 33.1 Å². The third-order valence-corrected chi connectivity index (χ3v) is 4.08. The van der Waals surface area contributed by atoms with Gasteiger partial charge in [0.25, 0.3) is 0 Å². The minimum atomic E-state index is -0.162. The smallest absolute Gasteiger partial charge is 0.179 e. The van der Waals surface area contributed by atoms with Crippen molar-refractivity contribution in [2.24, 2.45) is 0 Å². The molecule has 0 bridgehead atoms. The van der Waals surface area contributed by atoms with Crippen LogP contribution in [0.5, 0.6) is 0 Å². The van der Waals surface area contributed by atoms with E-state index in [4.69, 9.17) is 5.26 Å². The molecule has 0 fully saturated rings. The molecule has 0 unspecified atom stereocenters. The van der Waals surface area contributed by atoms with Gasteiger partial charge >= 0.3 is 0 Å². The zero-order valence-corrected chi connectivity index (χ0v) is 12.3. The van der Waals surface area contributed by atoms with Gasteiger partial charge in [-0.3, -0.25) is 4.79 Å². The number of para-hydroxylation sites is 2. The monoisotopic (exact) mass is 299 g/mol. The molecule has 4 nitrogen and oxygen atoms in total. The molecule has 0 aliphatic heterocycles. The molecule has 0 saturated carbocycles. The van der Waals surface area contributed by atoms with Gasteiger partial charge < -0.3 is 9.97 Å². The Kier molecular flexibility index (Phi) is 2.99. The maximum atomic E-state index is 12.5. The first kappa shape index (κ1) is 13.4. The lowest BCUT2D eigenvalue weighted by atomic mass is 10.00. The fraction of sp³-hybridized carbons (Fsp3) is 0.0526. The van der Waals surface area contributed by atoms with Crippen LogP contribution in [0, 0.1) is 11.3 Å². The summed E-state index contributed by atoms with van der Waals surface area (Å²) in [5.41, 5.74) is 4.21. The Morgan fingerprint density at radius 1 is 1.00 bits per heavy atom. The molecular weight excluding hydrogens is 286 g/mol. The van der Waals surface area contributed by atoms with Crippen molar-refractivity contribution in [3.8, 4) is 17.3 Å². The lowest BCUT2D eigenvalue weighted by Crippen LogP contribution is -1.98. The maximum Gasteiger partial charge on any atom is 0.179 e. The minimum absolute atomic E-state index is 0.128. The summed E-state index contributed by atoms with van der Waals surface area (Å²) < 4.78 is 0. The number of nitriles is 1. The highest BCUT2D eigenvalue weighted by molar-refractivity contribution is 6.15. The van der Waals surface area contributed by atoms with Crippen molar-refractivity contribution >= 4 is 27.6 Å². The minimum Gasteiger partial charge on any atom is -0.360 e. The molecule has 4 aromatic rings. The summed E-state index contributed by atoms with van der Waals surface area (Å²) in [6.45, 7) is 0. The molecule has 2 heterocycles. The van der Waals surface area contributed by atoms with Crippen LogP contribution < -0.4 is 0 Å². The van der Waals surface area contributed by atoms with Crippen LogP contribution in [0.15, 0.2) is 54.7 Å². The number of benzene rings is 2. The molecule has 0 amide bonds. The van der Waals surface area contributed by atoms with E-state index >= 15 is 0 Å². The maximum absolute atomic E-state index is 12.5. The topological polar surface area (TPSA) is 72.4 Å². The summed E-state index contributed by atoms with van der Waals surface area (Å²) in [4.78, 5) is 19.1. The normalized spacial score (nSPS) is 10.9. The first-order valence-corrected chi connectivity index (χ1v) is 7.37. The van der Waals surface area contributed by atoms with Crippen LogP contribution in [0.2, 0.25) is 0 Å². The number of Topliss-reactive ketones (excluding diaryl/α,β-unsaturated/α-hetero) is 1. The van der Waals surface area contributed by atoms with Gasteiger partial charge in [-0.05, 0) is 12.1 Å². The van der Waals surface area contributed by atoms with E-state index in [-0.39, 0.29) is 12.2 Å². The standard InChI is InChI=1S/C19H13N3O/c20-10-9-17(23)18-13-6-2-4-8-16(13)22-19(18)14-11-21-15-7-3-1-5-12(14)15/h1-8,11,21-22H,9H2. The van der Waals surface area contributed by atoms with E-state index in [1.165, 1.54) is 0 Å². The van der Waals surface area contributed by atoms with E-state index in [9.17, 15) is 4.79 Å². The molecule has 23 heavy (non-hydrogen) atoms. The Labute approximate surface area is 132 Å². The number of hydrogen-bond acceptors (Lipinski definition) is 2. The van der Waals surface area contributed by atoms with Crippen LogP contribution in [-0.2, 0) is 0 Å². The first-order valence-electron chi connectivity index (χ1n) is 7.37. The highest BCUT2D eigenvalue weighted by atomic mass is 16.1. The molecule has 0 saturated heterocycles. The predicted octanol–water partition coefficient (Wildman–Crippen LogP) is 4.41. The Hall–Kier alpha value is -3.32. The number of hydrogen-bond donors (Lipinski definition) is 2. The molecule has 2 N–H and O–H groups in total. The summed E-state index contributed by atoms with van der Waals surface area (Å²) in [6, 6.07) is 17.6. The van der Waals surface area contributed by atoms with E-state index < -0.39 is 0 Å². The summed E-state index contributed by atoms with van der Waals surface area (Å²) in [7, 11) is 0. The van der Waals surface area contributed by atoms with Gasteiger partial charge in [-0.25, -0.2) is 0 Å². The van der Waals surface area contributed by atoms with Crippen LogP contribution in [0.25, 0.3) is 33.1 Å². The SMILES string of the molecule is N#CCC(=O)c1c(-c2c[nH]c3ccccc23)[nH]c2ccccc12. The number of carbonyl (C=O) groups is 1. The lowest BCUT2D eigenvalue weighted by molar-refractivity contribution is 0.1000. The van der Waals surface area contributed by atoms with Crippen molar-refractivity contribution in [3.05, 3.63) is 60.3 Å². The molecule has 0 aliphatic rings. The van der Waals surface area contributed by atoms with Gasteiger partial charge in [-0.15, -0.1) is 0 Å². The second-order valence-electron chi connectivity index (χ2n) is 5.43. The van der Waals surface area contributed by atoms with E-state index in [2.05, 4.69) is 9.97 Å². The van der Waals surface area contributed by atoms with Crippen LogP contribution in [0.1, 0.15) is 16.8 Å². The summed E-state index contributed by atoms with van der Waals surface area (Å²) >= 11 is 0. The average Bonchev–Trinajstić information content (AvgIpc) is 3.16. The lowest BCUT2D eigenvalue weighted by Gasteiger charge is -2.01. The molecule has 0 aliphatic carbocycles. The van der Waals surface area contributed by atoms with Gasteiger partial charge in [0, 0.05) is 33.6 Å². The number of fused-ring (bicyclic) bond motifs is 2. The zero-order chi connectivity index (χ0) is 15.8. The van der Waals surface area contributed by atoms with Gasteiger partial charge in [0.2, 0.25) is 0 Å². The van der Waals surface area contributed by atoms with Crippen molar-refractivity contribution in [1.82, 2.24) is 9.97 Å². The fourth-order valence-corrected chi connectivity index (χ4v) is 3.07. The second kappa shape index (κ2) is 5.15. The molecule has 2 aromatic heterocycles. The van der Waals surface area contributed by atoms with Crippen molar-refractivity contribution in [2.45, 2.75) is 6.42 Å². The number of carbonyl (C=O) groups excluding carboxylic acids is 1. The van der Waals surface area contributed by atoms with E-state index in [1.807, 2.05) is 60.8 Å². The Morgan fingerprint density at radius 3 is 2.48 bits per heavy atom. The number of aromatic amines is 2. The number of nitrogens with one attached hydrogen (secondary N) is 2. The molecular formula is C19H13N3O.